The van der Waals surface area contributed by atoms with Gasteiger partial charge in [-0.3, -0.25) is 9.48 Å². The fourth-order valence-electron chi connectivity index (χ4n) is 3.23. The van der Waals surface area contributed by atoms with Crippen molar-refractivity contribution in [3.63, 3.8) is 0 Å². The van der Waals surface area contributed by atoms with Crippen LogP contribution in [0, 0.1) is 12.7 Å². The molecule has 0 spiro atoms. The molecule has 1 N–H and O–H groups in total. The van der Waals surface area contributed by atoms with E-state index in [1.165, 1.54) is 6.07 Å². The molecule has 0 atom stereocenters. The van der Waals surface area contributed by atoms with E-state index in [1.807, 2.05) is 25.1 Å². The highest BCUT2D eigenvalue weighted by molar-refractivity contribution is 6.32. The second kappa shape index (κ2) is 9.66. The number of hydrogen-bond acceptors (Lipinski definition) is 3. The summed E-state index contributed by atoms with van der Waals surface area (Å²) in [5.41, 5.74) is 2.65. The minimum atomic E-state index is -0.292. The number of hydrogen-bond donors (Lipinski definition) is 1. The molecule has 0 bridgehead atoms. The predicted octanol–water partition coefficient (Wildman–Crippen LogP) is 5.86. The maximum atomic E-state index is 13.9. The topological polar surface area (TPSA) is 56.1 Å². The first kappa shape index (κ1) is 21.6. The molecule has 4 aromatic rings. The Bertz CT molecular complexity index is 1260. The molecule has 3 aromatic carbocycles. The lowest BCUT2D eigenvalue weighted by Crippen LogP contribution is -2.13. The van der Waals surface area contributed by atoms with Crippen molar-refractivity contribution < 1.29 is 13.9 Å². The maximum Gasteiger partial charge on any atom is 0.256 e. The third-order valence-corrected chi connectivity index (χ3v) is 5.23. The average molecular weight is 450 g/mol. The molecule has 0 aliphatic carbocycles. The van der Waals surface area contributed by atoms with E-state index in [0.717, 1.165) is 11.3 Å². The van der Waals surface area contributed by atoms with Gasteiger partial charge in [-0.05, 0) is 42.8 Å². The summed E-state index contributed by atoms with van der Waals surface area (Å²) in [5.74, 6) is 0.408. The van der Waals surface area contributed by atoms with Gasteiger partial charge in [0.1, 0.15) is 18.2 Å². The molecule has 7 heteroatoms. The van der Waals surface area contributed by atoms with Gasteiger partial charge < -0.3 is 10.1 Å². The van der Waals surface area contributed by atoms with E-state index in [9.17, 15) is 9.18 Å². The van der Waals surface area contributed by atoms with E-state index in [0.29, 0.717) is 27.7 Å². The smallest absolute Gasteiger partial charge is 0.256 e. The number of carbonyl (C=O) groups is 1. The summed E-state index contributed by atoms with van der Waals surface area (Å²) in [5, 5.41) is 7.73. The Hall–Kier alpha value is -3.64. The van der Waals surface area contributed by atoms with Gasteiger partial charge in [0.05, 0.1) is 11.6 Å². The molecule has 5 nitrogen and oxygen atoms in total. The van der Waals surface area contributed by atoms with Gasteiger partial charge in [-0.1, -0.05) is 54.1 Å². The number of anilines is 1. The largest absolute Gasteiger partial charge is 0.487 e. The number of aryl methyl sites for hydroxylation is 1. The Labute approximate surface area is 190 Å². The van der Waals surface area contributed by atoms with Crippen LogP contribution < -0.4 is 10.1 Å². The van der Waals surface area contributed by atoms with Crippen molar-refractivity contribution in [2.75, 3.05) is 5.32 Å². The number of amides is 1. The van der Waals surface area contributed by atoms with Crippen LogP contribution >= 0.6 is 11.6 Å². The molecule has 0 fully saturated rings. The summed E-state index contributed by atoms with van der Waals surface area (Å²) in [6.07, 6.45) is 0. The van der Waals surface area contributed by atoms with Gasteiger partial charge in [0, 0.05) is 22.9 Å². The molecule has 32 heavy (non-hydrogen) atoms. The molecule has 4 rings (SSSR count). The number of carbonyl (C=O) groups excluding carboxylic acids is 1. The minimum Gasteiger partial charge on any atom is -0.487 e. The SMILES string of the molecule is Cc1cc(NC(=O)c2cccc(COc3ccccc3Cl)c2)nn1Cc1ccccc1F. The Morgan fingerprint density at radius 2 is 1.84 bits per heavy atom. The second-order valence-corrected chi connectivity index (χ2v) is 7.70. The molecule has 0 unspecified atom stereocenters. The van der Waals surface area contributed by atoms with Crippen LogP contribution in [0.2, 0.25) is 5.02 Å². The first-order valence-corrected chi connectivity index (χ1v) is 10.4. The lowest BCUT2D eigenvalue weighted by atomic mass is 10.1. The van der Waals surface area contributed by atoms with Crippen molar-refractivity contribution in [3.8, 4) is 5.75 Å². The Morgan fingerprint density at radius 1 is 1.06 bits per heavy atom. The zero-order valence-electron chi connectivity index (χ0n) is 17.4. The fraction of sp³-hybridized carbons (Fsp3) is 0.120. The standard InChI is InChI=1S/C25H21ClFN3O2/c1-17-13-24(29-30(17)15-20-8-2-4-11-22(20)27)28-25(31)19-9-6-7-18(14-19)16-32-23-12-5-3-10-21(23)26/h2-14H,15-16H2,1H3,(H,28,29,31). The first-order valence-electron chi connectivity index (χ1n) is 10.0. The van der Waals surface area contributed by atoms with Crippen LogP contribution in [-0.4, -0.2) is 15.7 Å². The summed E-state index contributed by atoms with van der Waals surface area (Å²) < 4.78 is 21.4. The lowest BCUT2D eigenvalue weighted by molar-refractivity contribution is 0.102. The van der Waals surface area contributed by atoms with Crippen molar-refractivity contribution >= 4 is 23.3 Å². The van der Waals surface area contributed by atoms with E-state index in [1.54, 1.807) is 59.3 Å². The van der Waals surface area contributed by atoms with E-state index in [2.05, 4.69) is 10.4 Å². The maximum absolute atomic E-state index is 13.9. The van der Waals surface area contributed by atoms with Crippen LogP contribution in [0.5, 0.6) is 5.75 Å². The Balaban J connectivity index is 1.42. The number of aromatic nitrogens is 2. The molecular formula is C25H21ClFN3O2. The number of para-hydroxylation sites is 1. The number of rotatable bonds is 7. The minimum absolute atomic E-state index is 0.279. The summed E-state index contributed by atoms with van der Waals surface area (Å²) in [4.78, 5) is 12.7. The van der Waals surface area contributed by atoms with Crippen LogP contribution in [0.15, 0.2) is 78.9 Å². The highest BCUT2D eigenvalue weighted by Crippen LogP contribution is 2.24. The van der Waals surface area contributed by atoms with Gasteiger partial charge in [0.25, 0.3) is 5.91 Å². The predicted molar refractivity (Wildman–Crippen MR) is 123 cm³/mol. The summed E-state index contributed by atoms with van der Waals surface area (Å²) in [7, 11) is 0. The number of benzene rings is 3. The monoisotopic (exact) mass is 449 g/mol. The molecule has 162 valence electrons. The molecule has 0 aliphatic heterocycles. The van der Waals surface area contributed by atoms with Gasteiger partial charge in [0.2, 0.25) is 0 Å². The number of ether oxygens (including phenoxy) is 1. The zero-order chi connectivity index (χ0) is 22.5. The van der Waals surface area contributed by atoms with Crippen molar-refractivity contribution in [2.45, 2.75) is 20.1 Å². The van der Waals surface area contributed by atoms with E-state index < -0.39 is 0 Å². The number of halogens is 2. The van der Waals surface area contributed by atoms with Gasteiger partial charge in [-0.2, -0.15) is 5.10 Å². The summed E-state index contributed by atoms with van der Waals surface area (Å²) >= 11 is 6.12. The first-order chi connectivity index (χ1) is 15.5. The van der Waals surface area contributed by atoms with Crippen molar-refractivity contribution in [2.24, 2.45) is 0 Å². The third-order valence-electron chi connectivity index (χ3n) is 4.92. The number of nitrogens with zero attached hydrogens (tertiary/aromatic N) is 2. The molecule has 1 amide bonds. The van der Waals surface area contributed by atoms with Crippen LogP contribution in [0.4, 0.5) is 10.2 Å². The van der Waals surface area contributed by atoms with E-state index in [4.69, 9.17) is 16.3 Å². The third kappa shape index (κ3) is 5.15. The second-order valence-electron chi connectivity index (χ2n) is 7.29. The van der Waals surface area contributed by atoms with Gasteiger partial charge >= 0.3 is 0 Å². The molecule has 0 aliphatic rings. The normalized spacial score (nSPS) is 10.7. The lowest BCUT2D eigenvalue weighted by Gasteiger charge is -2.09. The van der Waals surface area contributed by atoms with Gasteiger partial charge in [-0.25, -0.2) is 4.39 Å². The molecular weight excluding hydrogens is 429 g/mol. The fourth-order valence-corrected chi connectivity index (χ4v) is 3.42. The molecule has 0 saturated carbocycles. The van der Waals surface area contributed by atoms with Crippen molar-refractivity contribution in [3.05, 3.63) is 112 Å². The van der Waals surface area contributed by atoms with Gasteiger partial charge in [-0.15, -0.1) is 0 Å². The average Bonchev–Trinajstić information content (AvgIpc) is 3.13. The highest BCUT2D eigenvalue weighted by atomic mass is 35.5. The Kier molecular flexibility index (Phi) is 6.52. The van der Waals surface area contributed by atoms with Crippen molar-refractivity contribution in [1.82, 2.24) is 9.78 Å². The van der Waals surface area contributed by atoms with Crippen LogP contribution in [0.3, 0.4) is 0 Å². The zero-order valence-corrected chi connectivity index (χ0v) is 18.1. The molecule has 0 radical (unpaired) electrons. The summed E-state index contributed by atoms with van der Waals surface area (Å²) in [6, 6.07) is 22.7. The van der Waals surface area contributed by atoms with E-state index >= 15 is 0 Å². The van der Waals surface area contributed by atoms with Crippen LogP contribution in [-0.2, 0) is 13.2 Å². The van der Waals surface area contributed by atoms with E-state index in [-0.39, 0.29) is 24.9 Å². The highest BCUT2D eigenvalue weighted by Gasteiger charge is 2.12. The quantitative estimate of drug-likeness (QED) is 0.384. The van der Waals surface area contributed by atoms with Crippen molar-refractivity contribution in [1.29, 1.82) is 0 Å². The number of nitrogens with one attached hydrogen (secondary N) is 1. The van der Waals surface area contributed by atoms with Gasteiger partial charge in [0.15, 0.2) is 5.82 Å². The summed E-state index contributed by atoms with van der Waals surface area (Å²) in [6.45, 7) is 2.42. The molecule has 1 aromatic heterocycles. The Morgan fingerprint density at radius 3 is 2.66 bits per heavy atom. The molecule has 1 heterocycles. The van der Waals surface area contributed by atoms with Crippen LogP contribution in [0.1, 0.15) is 27.2 Å². The molecule has 0 saturated heterocycles. The van der Waals surface area contributed by atoms with Crippen LogP contribution in [0.25, 0.3) is 0 Å².